The number of allylic oxidation sites excluding steroid dienone is 1. The summed E-state index contributed by atoms with van der Waals surface area (Å²) in [5.41, 5.74) is 0.281. The van der Waals surface area contributed by atoms with Crippen molar-refractivity contribution in [2.24, 2.45) is 0 Å². The molecule has 0 aliphatic carbocycles. The lowest BCUT2D eigenvalue weighted by molar-refractivity contribution is -0.384. The van der Waals surface area contributed by atoms with Crippen LogP contribution in [0.15, 0.2) is 64.4 Å². The molecule has 22 heavy (non-hydrogen) atoms. The van der Waals surface area contributed by atoms with E-state index in [1.165, 1.54) is 42.5 Å². The minimum atomic E-state index is -3.91. The normalized spacial score (nSPS) is 11.7. The van der Waals surface area contributed by atoms with Gasteiger partial charge in [-0.05, 0) is 35.9 Å². The Morgan fingerprint density at radius 3 is 2.18 bits per heavy atom. The van der Waals surface area contributed by atoms with Gasteiger partial charge < -0.3 is 0 Å². The number of hydrogen-bond donors (Lipinski definition) is 0. The molecule has 0 saturated heterocycles. The number of sulfone groups is 1. The van der Waals surface area contributed by atoms with E-state index in [2.05, 4.69) is 0 Å². The van der Waals surface area contributed by atoms with Crippen LogP contribution < -0.4 is 0 Å². The lowest BCUT2D eigenvalue weighted by Crippen LogP contribution is -2.03. The Hall–Kier alpha value is -2.98. The molecule has 0 heterocycles. The average molecular weight is 314 g/mol. The van der Waals surface area contributed by atoms with Crippen LogP contribution in [0, 0.1) is 21.4 Å². The number of rotatable bonds is 4. The van der Waals surface area contributed by atoms with Crippen LogP contribution in [-0.4, -0.2) is 13.3 Å². The number of nitriles is 1. The third kappa shape index (κ3) is 3.19. The zero-order valence-electron chi connectivity index (χ0n) is 11.2. The second kappa shape index (κ2) is 6.20. The van der Waals surface area contributed by atoms with Crippen LogP contribution >= 0.6 is 0 Å². The maximum atomic E-state index is 12.3. The van der Waals surface area contributed by atoms with Crippen molar-refractivity contribution >= 4 is 21.6 Å². The van der Waals surface area contributed by atoms with Gasteiger partial charge in [-0.15, -0.1) is 0 Å². The molecule has 0 atom stereocenters. The Morgan fingerprint density at radius 1 is 1.09 bits per heavy atom. The molecule has 2 aromatic rings. The van der Waals surface area contributed by atoms with E-state index >= 15 is 0 Å². The summed E-state index contributed by atoms with van der Waals surface area (Å²) in [5.74, 6) is 0. The SMILES string of the molecule is N#C/C(=C\c1ccc([N+](=O)[O-])cc1)S(=O)(=O)c1ccccc1. The number of nitro groups is 1. The molecule has 0 saturated carbocycles. The molecule has 0 unspecified atom stereocenters. The van der Waals surface area contributed by atoms with Crippen LogP contribution in [-0.2, 0) is 9.84 Å². The molecule has 0 amide bonds. The van der Waals surface area contributed by atoms with Crippen molar-refractivity contribution in [3.63, 3.8) is 0 Å². The average Bonchev–Trinajstić information content (AvgIpc) is 2.53. The van der Waals surface area contributed by atoms with Crippen LogP contribution in [0.5, 0.6) is 0 Å². The largest absolute Gasteiger partial charge is 0.269 e. The highest BCUT2D eigenvalue weighted by Gasteiger charge is 2.20. The predicted molar refractivity (Wildman–Crippen MR) is 80.3 cm³/mol. The lowest BCUT2D eigenvalue weighted by Gasteiger charge is -2.02. The molecule has 7 heteroatoms. The van der Waals surface area contributed by atoms with Gasteiger partial charge in [-0.25, -0.2) is 8.42 Å². The molecule has 0 aliphatic rings. The molecule has 0 radical (unpaired) electrons. The highest BCUT2D eigenvalue weighted by atomic mass is 32.2. The number of nitro benzene ring substituents is 1. The van der Waals surface area contributed by atoms with E-state index in [4.69, 9.17) is 5.26 Å². The summed E-state index contributed by atoms with van der Waals surface area (Å²) in [4.78, 5) is 9.62. The lowest BCUT2D eigenvalue weighted by atomic mass is 10.2. The molecule has 2 aromatic carbocycles. The number of nitrogens with zero attached hydrogens (tertiary/aromatic N) is 2. The first-order valence-electron chi connectivity index (χ1n) is 6.11. The molecule has 0 bridgehead atoms. The van der Waals surface area contributed by atoms with Crippen molar-refractivity contribution in [3.05, 3.63) is 75.2 Å². The van der Waals surface area contributed by atoms with Crippen LogP contribution in [0.4, 0.5) is 5.69 Å². The van der Waals surface area contributed by atoms with Crippen molar-refractivity contribution in [2.75, 3.05) is 0 Å². The van der Waals surface area contributed by atoms with Gasteiger partial charge >= 0.3 is 0 Å². The number of hydrogen-bond acceptors (Lipinski definition) is 5. The molecule has 2 rings (SSSR count). The number of benzene rings is 2. The van der Waals surface area contributed by atoms with Crippen molar-refractivity contribution in [2.45, 2.75) is 4.90 Å². The number of non-ortho nitro benzene ring substituents is 1. The summed E-state index contributed by atoms with van der Waals surface area (Å²) in [6.45, 7) is 0. The molecule has 0 aliphatic heterocycles. The molecule has 0 spiro atoms. The van der Waals surface area contributed by atoms with E-state index in [0.29, 0.717) is 5.56 Å². The van der Waals surface area contributed by atoms with Gasteiger partial charge in [-0.2, -0.15) is 5.26 Å². The zero-order chi connectivity index (χ0) is 16.2. The molecule has 0 N–H and O–H groups in total. The van der Waals surface area contributed by atoms with Gasteiger partial charge in [0.15, 0.2) is 0 Å². The van der Waals surface area contributed by atoms with Crippen molar-refractivity contribution in [3.8, 4) is 6.07 Å². The molecular weight excluding hydrogens is 304 g/mol. The van der Waals surface area contributed by atoms with Crippen LogP contribution in [0.2, 0.25) is 0 Å². The fourth-order valence-electron chi connectivity index (χ4n) is 1.74. The summed E-state index contributed by atoms with van der Waals surface area (Å²) < 4.78 is 24.7. The van der Waals surface area contributed by atoms with Crippen LogP contribution in [0.1, 0.15) is 5.56 Å². The Balaban J connectivity index is 2.44. The first-order valence-corrected chi connectivity index (χ1v) is 7.60. The Morgan fingerprint density at radius 2 is 1.68 bits per heavy atom. The van der Waals surface area contributed by atoms with E-state index in [0.717, 1.165) is 0 Å². The minimum Gasteiger partial charge on any atom is -0.258 e. The first-order chi connectivity index (χ1) is 10.4. The Kier molecular flexibility index (Phi) is 4.34. The maximum Gasteiger partial charge on any atom is 0.269 e. The topological polar surface area (TPSA) is 101 Å². The second-order valence-electron chi connectivity index (χ2n) is 4.29. The third-order valence-corrected chi connectivity index (χ3v) is 4.54. The van der Waals surface area contributed by atoms with E-state index < -0.39 is 19.7 Å². The quantitative estimate of drug-likeness (QED) is 0.490. The van der Waals surface area contributed by atoms with Crippen LogP contribution in [0.25, 0.3) is 6.08 Å². The van der Waals surface area contributed by atoms with Gasteiger partial charge in [0, 0.05) is 12.1 Å². The molecule has 110 valence electrons. The van der Waals surface area contributed by atoms with Gasteiger partial charge in [-0.3, -0.25) is 10.1 Å². The zero-order valence-corrected chi connectivity index (χ0v) is 12.0. The second-order valence-corrected chi connectivity index (χ2v) is 6.20. The maximum absolute atomic E-state index is 12.3. The van der Waals surface area contributed by atoms with E-state index in [-0.39, 0.29) is 10.6 Å². The smallest absolute Gasteiger partial charge is 0.258 e. The van der Waals surface area contributed by atoms with Gasteiger partial charge in [0.25, 0.3) is 5.69 Å². The van der Waals surface area contributed by atoms with Crippen molar-refractivity contribution < 1.29 is 13.3 Å². The monoisotopic (exact) mass is 314 g/mol. The first kappa shape index (κ1) is 15.4. The summed E-state index contributed by atoms with van der Waals surface area (Å²) in [5, 5.41) is 19.7. The summed E-state index contributed by atoms with van der Waals surface area (Å²) in [7, 11) is -3.91. The summed E-state index contributed by atoms with van der Waals surface area (Å²) >= 11 is 0. The van der Waals surface area contributed by atoms with Crippen molar-refractivity contribution in [1.82, 2.24) is 0 Å². The Bertz CT molecular complexity index is 864. The fraction of sp³-hybridized carbons (Fsp3) is 0. The summed E-state index contributed by atoms with van der Waals surface area (Å²) in [6, 6.07) is 14.5. The minimum absolute atomic E-state index is 0.0183. The van der Waals surface area contributed by atoms with E-state index in [9.17, 15) is 18.5 Å². The van der Waals surface area contributed by atoms with E-state index in [1.54, 1.807) is 24.3 Å². The standard InChI is InChI=1S/C15H10N2O4S/c16-11-15(22(20,21)14-4-2-1-3-5-14)10-12-6-8-13(9-7-12)17(18)19/h1-10H/b15-10+. The van der Waals surface area contributed by atoms with Gasteiger partial charge in [0.05, 0.1) is 9.82 Å². The molecule has 6 nitrogen and oxygen atoms in total. The predicted octanol–water partition coefficient (Wildman–Crippen LogP) is 2.93. The van der Waals surface area contributed by atoms with E-state index in [1.807, 2.05) is 0 Å². The third-order valence-electron chi connectivity index (χ3n) is 2.85. The highest BCUT2D eigenvalue weighted by Crippen LogP contribution is 2.21. The molecule has 0 aromatic heterocycles. The van der Waals surface area contributed by atoms with Crippen LogP contribution in [0.3, 0.4) is 0 Å². The Labute approximate surface area is 127 Å². The van der Waals surface area contributed by atoms with Gasteiger partial charge in [-0.1, -0.05) is 18.2 Å². The fourth-order valence-corrected chi connectivity index (χ4v) is 2.92. The van der Waals surface area contributed by atoms with Crippen molar-refractivity contribution in [1.29, 1.82) is 5.26 Å². The molecular formula is C15H10N2O4S. The highest BCUT2D eigenvalue weighted by molar-refractivity contribution is 7.95. The summed E-state index contributed by atoms with van der Waals surface area (Å²) in [6.07, 6.45) is 1.19. The van der Waals surface area contributed by atoms with Gasteiger partial charge in [0.1, 0.15) is 11.0 Å². The van der Waals surface area contributed by atoms with Gasteiger partial charge in [0.2, 0.25) is 9.84 Å². The molecule has 0 fully saturated rings.